The summed E-state index contributed by atoms with van der Waals surface area (Å²) in [5.41, 5.74) is 0.133. The van der Waals surface area contributed by atoms with E-state index < -0.39 is 0 Å². The lowest BCUT2D eigenvalue weighted by Crippen LogP contribution is -2.44. The Balaban J connectivity index is 1.86. The second kappa shape index (κ2) is 4.13. The molecule has 3 heterocycles. The van der Waals surface area contributed by atoms with E-state index in [1.807, 2.05) is 0 Å². The molecule has 1 atom stereocenters. The summed E-state index contributed by atoms with van der Waals surface area (Å²) >= 11 is 0. The van der Waals surface area contributed by atoms with Crippen LogP contribution in [-0.4, -0.2) is 38.1 Å². The Kier molecular flexibility index (Phi) is 2.47. The summed E-state index contributed by atoms with van der Waals surface area (Å²) < 4.78 is 1.30. The minimum atomic E-state index is -0.334. The van der Waals surface area contributed by atoms with Gasteiger partial charge in [0.05, 0.1) is 0 Å². The first-order valence-corrected chi connectivity index (χ1v) is 5.71. The summed E-state index contributed by atoms with van der Waals surface area (Å²) in [6, 6.07) is 1.35. The molecule has 18 heavy (non-hydrogen) atoms. The molecule has 1 fully saturated rings. The molecule has 0 spiro atoms. The number of aromatic nitrogens is 4. The smallest absolute Gasteiger partial charge is 0.348 e. The fraction of sp³-hybridized carbons (Fsp3) is 0.400. The number of carbonyl (C=O) groups is 1. The highest BCUT2D eigenvalue weighted by atomic mass is 16.2. The van der Waals surface area contributed by atoms with Crippen LogP contribution in [0.25, 0.3) is 5.65 Å². The molecule has 0 saturated carbocycles. The molecule has 2 aromatic rings. The standard InChI is InChI=1S/C10H12N6O2/c17-9-6(2-1-3-11-9)13-7-4-8-14-15-10(18)16(8)5-12-7/h4-6,13H,1-3H2,(H,11,17)(H,15,18). The molecular weight excluding hydrogens is 236 g/mol. The number of fused-ring (bicyclic) bond motifs is 1. The Morgan fingerprint density at radius 3 is 3.17 bits per heavy atom. The molecule has 8 heteroatoms. The maximum absolute atomic E-state index is 11.6. The number of anilines is 1. The predicted molar refractivity (Wildman–Crippen MR) is 63.3 cm³/mol. The Bertz CT molecular complexity index is 645. The molecule has 0 aromatic carbocycles. The molecule has 1 aliphatic heterocycles. The summed E-state index contributed by atoms with van der Waals surface area (Å²) in [6.45, 7) is 0.720. The van der Waals surface area contributed by atoms with Crippen LogP contribution < -0.4 is 16.3 Å². The second-order valence-corrected chi connectivity index (χ2v) is 4.16. The van der Waals surface area contributed by atoms with Gasteiger partial charge in [-0.15, -0.1) is 0 Å². The van der Waals surface area contributed by atoms with Gasteiger partial charge in [-0.05, 0) is 12.8 Å². The first kappa shape index (κ1) is 10.8. The SMILES string of the molecule is O=C1NCCCC1Nc1cc2n[nH]c(=O)n2cn1. The highest BCUT2D eigenvalue weighted by Crippen LogP contribution is 2.11. The Labute approximate surface area is 101 Å². The van der Waals surface area contributed by atoms with Crippen LogP contribution in [0.1, 0.15) is 12.8 Å². The number of H-pyrrole nitrogens is 1. The van der Waals surface area contributed by atoms with E-state index in [0.29, 0.717) is 11.5 Å². The normalized spacial score (nSPS) is 19.8. The molecule has 3 rings (SSSR count). The van der Waals surface area contributed by atoms with Crippen LogP contribution in [0.4, 0.5) is 5.82 Å². The summed E-state index contributed by atoms with van der Waals surface area (Å²) in [4.78, 5) is 26.9. The fourth-order valence-corrected chi connectivity index (χ4v) is 1.98. The van der Waals surface area contributed by atoms with Crippen molar-refractivity contribution in [2.24, 2.45) is 0 Å². The number of hydrogen-bond acceptors (Lipinski definition) is 5. The third-order valence-electron chi connectivity index (χ3n) is 2.92. The number of nitrogens with one attached hydrogen (secondary N) is 3. The van der Waals surface area contributed by atoms with E-state index in [1.165, 1.54) is 10.7 Å². The lowest BCUT2D eigenvalue weighted by atomic mass is 10.1. The molecule has 2 aromatic heterocycles. The average molecular weight is 248 g/mol. The largest absolute Gasteiger partial charge is 0.358 e. The van der Waals surface area contributed by atoms with Gasteiger partial charge in [0.1, 0.15) is 18.2 Å². The summed E-state index contributed by atoms with van der Waals surface area (Å²) in [7, 11) is 0. The maximum Gasteiger partial charge on any atom is 0.348 e. The lowest BCUT2D eigenvalue weighted by molar-refractivity contribution is -0.123. The van der Waals surface area contributed by atoms with E-state index in [0.717, 1.165) is 19.4 Å². The Morgan fingerprint density at radius 1 is 1.44 bits per heavy atom. The van der Waals surface area contributed by atoms with Crippen LogP contribution in [0.5, 0.6) is 0 Å². The average Bonchev–Trinajstić information content (AvgIpc) is 2.74. The Hall–Kier alpha value is -2.38. The zero-order chi connectivity index (χ0) is 12.5. The van der Waals surface area contributed by atoms with Gasteiger partial charge in [0.2, 0.25) is 5.91 Å². The minimum Gasteiger partial charge on any atom is -0.358 e. The van der Waals surface area contributed by atoms with Gasteiger partial charge >= 0.3 is 5.69 Å². The van der Waals surface area contributed by atoms with Crippen LogP contribution in [0.2, 0.25) is 0 Å². The van der Waals surface area contributed by atoms with E-state index in [9.17, 15) is 9.59 Å². The van der Waals surface area contributed by atoms with Crippen molar-refractivity contribution in [3.63, 3.8) is 0 Å². The van der Waals surface area contributed by atoms with Crippen molar-refractivity contribution in [2.45, 2.75) is 18.9 Å². The van der Waals surface area contributed by atoms with Crippen molar-refractivity contribution < 1.29 is 4.79 Å². The molecule has 8 nitrogen and oxygen atoms in total. The number of carbonyl (C=O) groups excluding carboxylic acids is 1. The number of aromatic amines is 1. The number of rotatable bonds is 2. The van der Waals surface area contributed by atoms with Crippen molar-refractivity contribution in [3.05, 3.63) is 22.9 Å². The van der Waals surface area contributed by atoms with Crippen molar-refractivity contribution in [1.82, 2.24) is 24.9 Å². The Morgan fingerprint density at radius 2 is 2.33 bits per heavy atom. The van der Waals surface area contributed by atoms with Crippen molar-refractivity contribution >= 4 is 17.4 Å². The molecule has 3 N–H and O–H groups in total. The quantitative estimate of drug-likeness (QED) is 0.639. The molecule has 1 unspecified atom stereocenters. The maximum atomic E-state index is 11.6. The topological polar surface area (TPSA) is 104 Å². The van der Waals surface area contributed by atoms with Crippen molar-refractivity contribution in [3.8, 4) is 0 Å². The van der Waals surface area contributed by atoms with Gasteiger partial charge in [0.15, 0.2) is 5.65 Å². The number of amides is 1. The van der Waals surface area contributed by atoms with Crippen LogP contribution in [0, 0.1) is 0 Å². The number of hydrogen-bond donors (Lipinski definition) is 3. The first-order valence-electron chi connectivity index (χ1n) is 5.71. The number of piperidine rings is 1. The molecule has 0 radical (unpaired) electrons. The molecule has 1 saturated heterocycles. The molecule has 1 aliphatic rings. The van der Waals surface area contributed by atoms with Crippen LogP contribution in [0.3, 0.4) is 0 Å². The summed E-state index contributed by atoms with van der Waals surface area (Å²) in [6.07, 6.45) is 3.09. The molecule has 1 amide bonds. The van der Waals surface area contributed by atoms with Gasteiger partial charge < -0.3 is 10.6 Å². The van der Waals surface area contributed by atoms with Crippen molar-refractivity contribution in [2.75, 3.05) is 11.9 Å². The van der Waals surface area contributed by atoms with E-state index in [-0.39, 0.29) is 17.6 Å². The third-order valence-corrected chi connectivity index (χ3v) is 2.92. The van der Waals surface area contributed by atoms with Gasteiger partial charge in [-0.1, -0.05) is 0 Å². The first-order chi connectivity index (χ1) is 8.74. The highest BCUT2D eigenvalue weighted by molar-refractivity contribution is 5.85. The van der Waals surface area contributed by atoms with Gasteiger partial charge in [0.25, 0.3) is 0 Å². The monoisotopic (exact) mass is 248 g/mol. The minimum absolute atomic E-state index is 0.0256. The third kappa shape index (κ3) is 1.81. The number of nitrogens with zero attached hydrogens (tertiary/aromatic N) is 3. The predicted octanol–water partition coefficient (Wildman–Crippen LogP) is -0.892. The zero-order valence-corrected chi connectivity index (χ0v) is 9.51. The van der Waals surface area contributed by atoms with Crippen LogP contribution in [0.15, 0.2) is 17.2 Å². The van der Waals surface area contributed by atoms with E-state index in [2.05, 4.69) is 25.8 Å². The van der Waals surface area contributed by atoms with Gasteiger partial charge in [-0.25, -0.2) is 19.3 Å². The second-order valence-electron chi connectivity index (χ2n) is 4.16. The molecule has 0 bridgehead atoms. The molecule has 94 valence electrons. The van der Waals surface area contributed by atoms with E-state index in [4.69, 9.17) is 0 Å². The van der Waals surface area contributed by atoms with Crippen molar-refractivity contribution in [1.29, 1.82) is 0 Å². The molecule has 0 aliphatic carbocycles. The van der Waals surface area contributed by atoms with Crippen LogP contribution in [-0.2, 0) is 4.79 Å². The molecular formula is C10H12N6O2. The van der Waals surface area contributed by atoms with E-state index >= 15 is 0 Å². The van der Waals surface area contributed by atoms with Gasteiger partial charge in [0, 0.05) is 12.6 Å². The van der Waals surface area contributed by atoms with Crippen LogP contribution >= 0.6 is 0 Å². The van der Waals surface area contributed by atoms with E-state index in [1.54, 1.807) is 6.07 Å². The summed E-state index contributed by atoms with van der Waals surface area (Å²) in [5, 5.41) is 12.0. The lowest BCUT2D eigenvalue weighted by Gasteiger charge is -2.23. The summed E-state index contributed by atoms with van der Waals surface area (Å²) in [5.74, 6) is 0.505. The van der Waals surface area contributed by atoms with Gasteiger partial charge in [-0.2, -0.15) is 5.10 Å². The fourth-order valence-electron chi connectivity index (χ4n) is 1.98. The van der Waals surface area contributed by atoms with Gasteiger partial charge in [-0.3, -0.25) is 4.79 Å². The zero-order valence-electron chi connectivity index (χ0n) is 9.51. The highest BCUT2D eigenvalue weighted by Gasteiger charge is 2.22.